The third kappa shape index (κ3) is 3.97. The van der Waals surface area contributed by atoms with Crippen molar-refractivity contribution in [2.24, 2.45) is 0 Å². The maximum absolute atomic E-state index is 12.9. The van der Waals surface area contributed by atoms with Gasteiger partial charge in [-0.3, -0.25) is 4.90 Å². The number of nitrogens with zero attached hydrogens (tertiary/aromatic N) is 5. The lowest BCUT2D eigenvalue weighted by Crippen LogP contribution is -2.54. The topological polar surface area (TPSA) is 71.0 Å². The van der Waals surface area contributed by atoms with E-state index in [1.165, 1.54) is 12.1 Å². The number of rotatable bonds is 4. The van der Waals surface area contributed by atoms with Gasteiger partial charge in [0.05, 0.1) is 6.20 Å². The lowest BCUT2D eigenvalue weighted by Gasteiger charge is -2.41. The number of likely N-dealkylation sites (tertiary alicyclic amines) is 1. The lowest BCUT2D eigenvalue weighted by molar-refractivity contribution is -0.274. The van der Waals surface area contributed by atoms with Gasteiger partial charge in [0.25, 0.3) is 0 Å². The first-order valence-corrected chi connectivity index (χ1v) is 9.23. The molecule has 11 heteroatoms. The van der Waals surface area contributed by atoms with E-state index in [0.29, 0.717) is 37.1 Å². The average molecular weight is 423 g/mol. The molecule has 8 nitrogen and oxygen atoms in total. The van der Waals surface area contributed by atoms with Gasteiger partial charge in [0.15, 0.2) is 11.6 Å². The number of amides is 2. The van der Waals surface area contributed by atoms with Crippen LogP contribution in [0.4, 0.5) is 29.5 Å². The van der Waals surface area contributed by atoms with Gasteiger partial charge in [-0.2, -0.15) is 0 Å². The summed E-state index contributed by atoms with van der Waals surface area (Å²) in [5.74, 6) is 1.01. The van der Waals surface area contributed by atoms with Crippen LogP contribution in [0.15, 0.2) is 30.5 Å². The number of halogens is 3. The SMILES string of the molecule is COCc1ncc2c(n1)N(C)CN2C(=O)N1CC(c2ccc(OC(F)(F)F)cc2)C1. The van der Waals surface area contributed by atoms with Gasteiger partial charge in [0, 0.05) is 33.2 Å². The van der Waals surface area contributed by atoms with Crippen LogP contribution in [-0.4, -0.2) is 61.2 Å². The summed E-state index contributed by atoms with van der Waals surface area (Å²) in [6.07, 6.45) is -3.09. The van der Waals surface area contributed by atoms with Gasteiger partial charge in [0.1, 0.15) is 24.7 Å². The third-order valence-corrected chi connectivity index (χ3v) is 5.05. The molecule has 0 bridgehead atoms. The van der Waals surface area contributed by atoms with Gasteiger partial charge in [-0.15, -0.1) is 13.2 Å². The number of carbonyl (C=O) groups excluding carboxylic acids is 1. The van der Waals surface area contributed by atoms with Crippen molar-refractivity contribution in [1.29, 1.82) is 0 Å². The zero-order chi connectivity index (χ0) is 21.5. The first-order valence-electron chi connectivity index (χ1n) is 9.23. The van der Waals surface area contributed by atoms with E-state index in [4.69, 9.17) is 4.74 Å². The Morgan fingerprint density at radius 2 is 1.93 bits per heavy atom. The molecular formula is C19H20F3N5O3. The summed E-state index contributed by atoms with van der Waals surface area (Å²) in [6.45, 7) is 1.62. The molecule has 2 amide bonds. The predicted molar refractivity (Wildman–Crippen MR) is 101 cm³/mol. The van der Waals surface area contributed by atoms with Crippen molar-refractivity contribution in [2.45, 2.75) is 18.9 Å². The van der Waals surface area contributed by atoms with E-state index in [9.17, 15) is 18.0 Å². The van der Waals surface area contributed by atoms with Crippen LogP contribution in [0.5, 0.6) is 5.75 Å². The Morgan fingerprint density at radius 3 is 2.57 bits per heavy atom. The Balaban J connectivity index is 1.38. The summed E-state index contributed by atoms with van der Waals surface area (Å²) in [4.78, 5) is 26.8. The Hall–Kier alpha value is -3.08. The molecule has 1 saturated heterocycles. The van der Waals surface area contributed by atoms with Crippen LogP contribution in [-0.2, 0) is 11.3 Å². The van der Waals surface area contributed by atoms with Crippen LogP contribution >= 0.6 is 0 Å². The van der Waals surface area contributed by atoms with Gasteiger partial charge in [0.2, 0.25) is 0 Å². The number of hydrogen-bond donors (Lipinski definition) is 0. The number of fused-ring (bicyclic) bond motifs is 1. The highest BCUT2D eigenvalue weighted by molar-refractivity contribution is 5.98. The summed E-state index contributed by atoms with van der Waals surface area (Å²) in [7, 11) is 3.41. The molecule has 0 N–H and O–H groups in total. The van der Waals surface area contributed by atoms with E-state index in [1.807, 2.05) is 11.9 Å². The van der Waals surface area contributed by atoms with Crippen molar-refractivity contribution in [1.82, 2.24) is 14.9 Å². The Bertz CT molecular complexity index is 932. The zero-order valence-electron chi connectivity index (χ0n) is 16.4. The number of benzene rings is 1. The van der Waals surface area contributed by atoms with Crippen LogP contribution in [0.25, 0.3) is 0 Å². The van der Waals surface area contributed by atoms with E-state index in [2.05, 4.69) is 14.7 Å². The molecule has 0 unspecified atom stereocenters. The van der Waals surface area contributed by atoms with Gasteiger partial charge in [-0.1, -0.05) is 12.1 Å². The monoisotopic (exact) mass is 423 g/mol. The van der Waals surface area contributed by atoms with Crippen LogP contribution in [0.2, 0.25) is 0 Å². The van der Waals surface area contributed by atoms with Crippen LogP contribution in [0.3, 0.4) is 0 Å². The molecule has 0 radical (unpaired) electrons. The van der Waals surface area contributed by atoms with Crippen LogP contribution < -0.4 is 14.5 Å². The van der Waals surface area contributed by atoms with E-state index in [0.717, 1.165) is 5.56 Å². The highest BCUT2D eigenvalue weighted by Gasteiger charge is 2.39. The fourth-order valence-corrected chi connectivity index (χ4v) is 3.55. The largest absolute Gasteiger partial charge is 0.573 e. The van der Waals surface area contributed by atoms with E-state index >= 15 is 0 Å². The van der Waals surface area contributed by atoms with Gasteiger partial charge < -0.3 is 19.3 Å². The molecule has 1 fully saturated rings. The molecule has 3 heterocycles. The summed E-state index contributed by atoms with van der Waals surface area (Å²) < 4.78 is 45.7. The van der Waals surface area contributed by atoms with Crippen molar-refractivity contribution >= 4 is 17.5 Å². The summed E-state index contributed by atoms with van der Waals surface area (Å²) in [5.41, 5.74) is 1.50. The molecule has 1 aromatic heterocycles. The normalized spacial score (nSPS) is 16.5. The number of anilines is 2. The first-order chi connectivity index (χ1) is 14.2. The molecule has 0 saturated carbocycles. The number of aromatic nitrogens is 2. The number of hydrogen-bond acceptors (Lipinski definition) is 6. The summed E-state index contributed by atoms with van der Waals surface area (Å²) in [6, 6.07) is 5.61. The van der Waals surface area contributed by atoms with Crippen molar-refractivity contribution < 1.29 is 27.4 Å². The molecule has 4 rings (SSSR count). The number of methoxy groups -OCH3 is 1. The minimum atomic E-state index is -4.71. The summed E-state index contributed by atoms with van der Waals surface area (Å²) in [5, 5.41) is 0. The van der Waals surface area contributed by atoms with Crippen molar-refractivity contribution in [3.8, 4) is 5.75 Å². The second-order valence-corrected chi connectivity index (χ2v) is 7.20. The highest BCUT2D eigenvalue weighted by Crippen LogP contribution is 2.36. The molecule has 2 aliphatic heterocycles. The van der Waals surface area contributed by atoms with Crippen LogP contribution in [0.1, 0.15) is 17.3 Å². The second kappa shape index (κ2) is 7.63. The Morgan fingerprint density at radius 1 is 1.23 bits per heavy atom. The van der Waals surface area contributed by atoms with Gasteiger partial charge >= 0.3 is 12.4 Å². The first kappa shape index (κ1) is 20.2. The maximum atomic E-state index is 12.9. The molecule has 0 atom stereocenters. The Labute approximate surface area is 170 Å². The van der Waals surface area contributed by atoms with Crippen LogP contribution in [0, 0.1) is 0 Å². The predicted octanol–water partition coefficient (Wildman–Crippen LogP) is 2.95. The van der Waals surface area contributed by atoms with Crippen molar-refractivity contribution in [2.75, 3.05) is 43.7 Å². The number of ether oxygens (including phenoxy) is 2. The van der Waals surface area contributed by atoms with Gasteiger partial charge in [-0.25, -0.2) is 14.8 Å². The maximum Gasteiger partial charge on any atom is 0.573 e. The molecule has 160 valence electrons. The van der Waals surface area contributed by atoms with Gasteiger partial charge in [-0.05, 0) is 17.7 Å². The summed E-state index contributed by atoms with van der Waals surface area (Å²) >= 11 is 0. The smallest absolute Gasteiger partial charge is 0.406 e. The second-order valence-electron chi connectivity index (χ2n) is 7.20. The minimum absolute atomic E-state index is 0.0639. The molecule has 2 aliphatic rings. The molecule has 30 heavy (non-hydrogen) atoms. The zero-order valence-corrected chi connectivity index (χ0v) is 16.4. The van der Waals surface area contributed by atoms with Crippen molar-refractivity contribution in [3.05, 3.63) is 41.9 Å². The number of carbonyl (C=O) groups is 1. The fraction of sp³-hybridized carbons (Fsp3) is 0.421. The standard InChI is InChI=1S/C19H20F3N5O3/c1-25-11-27(15-7-23-16(10-29-2)24-17(15)25)18(28)26-8-13(9-26)12-3-5-14(6-4-12)30-19(20,21)22/h3-7,13H,8-11H2,1-2H3. The number of urea groups is 1. The number of alkyl halides is 3. The van der Waals surface area contributed by atoms with E-state index < -0.39 is 6.36 Å². The Kier molecular flexibility index (Phi) is 5.14. The van der Waals surface area contributed by atoms with E-state index in [-0.39, 0.29) is 24.3 Å². The van der Waals surface area contributed by atoms with E-state index in [1.54, 1.807) is 35.2 Å². The fourth-order valence-electron chi connectivity index (χ4n) is 3.55. The third-order valence-electron chi connectivity index (χ3n) is 5.05. The minimum Gasteiger partial charge on any atom is -0.406 e. The molecule has 1 aromatic carbocycles. The molecular weight excluding hydrogens is 403 g/mol. The van der Waals surface area contributed by atoms with Crippen molar-refractivity contribution in [3.63, 3.8) is 0 Å². The molecule has 0 spiro atoms. The lowest BCUT2D eigenvalue weighted by atomic mass is 9.92. The molecule has 2 aromatic rings. The quantitative estimate of drug-likeness (QED) is 0.753. The highest BCUT2D eigenvalue weighted by atomic mass is 19.4. The molecule has 0 aliphatic carbocycles. The average Bonchev–Trinajstić information content (AvgIpc) is 2.97.